The van der Waals surface area contributed by atoms with E-state index in [9.17, 15) is 17.6 Å². The molecule has 0 saturated carbocycles. The lowest BCUT2D eigenvalue weighted by atomic mass is 10.4. The molecule has 2 heterocycles. The number of rotatable bonds is 5. The summed E-state index contributed by atoms with van der Waals surface area (Å²) in [5.74, 6) is -1.73. The van der Waals surface area contributed by atoms with Gasteiger partial charge >= 0.3 is 5.97 Å². The summed E-state index contributed by atoms with van der Waals surface area (Å²) in [6.45, 7) is 1.70. The van der Waals surface area contributed by atoms with Gasteiger partial charge in [0.1, 0.15) is 5.69 Å². The van der Waals surface area contributed by atoms with Crippen molar-refractivity contribution >= 4 is 15.8 Å². The molecule has 0 fully saturated rings. The highest BCUT2D eigenvalue weighted by Gasteiger charge is 2.28. The lowest BCUT2D eigenvalue weighted by Gasteiger charge is -2.08. The van der Waals surface area contributed by atoms with Gasteiger partial charge in [0.15, 0.2) is 10.7 Å². The molecule has 9 heteroatoms. The number of benzene rings is 1. The van der Waals surface area contributed by atoms with Crippen LogP contribution in [0.3, 0.4) is 0 Å². The number of sulfone groups is 1. The Morgan fingerprint density at radius 2 is 1.92 bits per heavy atom. The molecule has 2 aromatic heterocycles. The zero-order valence-corrected chi connectivity index (χ0v) is 14.5. The average Bonchev–Trinajstić information content (AvgIpc) is 3.09. The first-order chi connectivity index (χ1) is 12.4. The molecule has 0 saturated heterocycles. The molecule has 0 unspecified atom stereocenters. The number of carbonyl (C=O) groups excluding carboxylic acids is 1. The van der Waals surface area contributed by atoms with Gasteiger partial charge in [0.2, 0.25) is 15.8 Å². The van der Waals surface area contributed by atoms with Crippen LogP contribution in [-0.4, -0.2) is 35.8 Å². The third kappa shape index (κ3) is 3.21. The topological polar surface area (TPSA) is 91.2 Å². The molecule has 0 aliphatic heterocycles. The lowest BCUT2D eigenvalue weighted by Crippen LogP contribution is -2.12. The van der Waals surface area contributed by atoms with Crippen molar-refractivity contribution in [2.24, 2.45) is 0 Å². The van der Waals surface area contributed by atoms with Crippen LogP contribution in [0, 0.1) is 5.95 Å². The van der Waals surface area contributed by atoms with Crippen molar-refractivity contribution in [3.8, 4) is 5.69 Å². The van der Waals surface area contributed by atoms with E-state index in [2.05, 4.69) is 10.1 Å². The molecule has 0 N–H and O–H groups in total. The second kappa shape index (κ2) is 7.04. The molecule has 0 spiro atoms. The van der Waals surface area contributed by atoms with Crippen LogP contribution in [0.5, 0.6) is 0 Å². The summed E-state index contributed by atoms with van der Waals surface area (Å²) < 4.78 is 45.8. The molecule has 7 nitrogen and oxygen atoms in total. The fourth-order valence-corrected chi connectivity index (χ4v) is 3.68. The maximum atomic E-state index is 14.1. The lowest BCUT2D eigenvalue weighted by molar-refractivity contribution is 0.0519. The largest absolute Gasteiger partial charge is 0.461 e. The summed E-state index contributed by atoms with van der Waals surface area (Å²) in [6, 6.07) is 11.4. The Balaban J connectivity index is 2.24. The summed E-state index contributed by atoms with van der Waals surface area (Å²) >= 11 is 0. The van der Waals surface area contributed by atoms with Crippen LogP contribution in [-0.2, 0) is 14.6 Å². The fourth-order valence-electron chi connectivity index (χ4n) is 2.29. The van der Waals surface area contributed by atoms with Crippen LogP contribution in [0.2, 0.25) is 0 Å². The van der Waals surface area contributed by atoms with Crippen molar-refractivity contribution in [3.63, 3.8) is 0 Å². The smallest absolute Gasteiger partial charge is 0.358 e. The molecule has 0 atom stereocenters. The zero-order chi connectivity index (χ0) is 18.7. The number of hydrogen-bond donors (Lipinski definition) is 0. The average molecular weight is 375 g/mol. The van der Waals surface area contributed by atoms with E-state index >= 15 is 0 Å². The predicted molar refractivity (Wildman–Crippen MR) is 89.2 cm³/mol. The summed E-state index contributed by atoms with van der Waals surface area (Å²) in [7, 11) is -4.06. The van der Waals surface area contributed by atoms with E-state index in [0.29, 0.717) is 0 Å². The van der Waals surface area contributed by atoms with Gasteiger partial charge < -0.3 is 4.74 Å². The summed E-state index contributed by atoms with van der Waals surface area (Å²) in [6.07, 6.45) is 1.22. The number of ether oxygens (including phenoxy) is 1. The van der Waals surface area contributed by atoms with Crippen LogP contribution in [0.4, 0.5) is 4.39 Å². The Morgan fingerprint density at radius 1 is 1.19 bits per heavy atom. The van der Waals surface area contributed by atoms with E-state index in [0.717, 1.165) is 10.7 Å². The summed E-state index contributed by atoms with van der Waals surface area (Å²) in [5, 5.41) is 3.57. The molecule has 3 rings (SSSR count). The molecule has 26 heavy (non-hydrogen) atoms. The minimum atomic E-state index is -4.06. The number of halogens is 1. The number of carbonyl (C=O) groups is 1. The highest BCUT2D eigenvalue weighted by atomic mass is 32.2. The number of esters is 1. The van der Waals surface area contributed by atoms with Crippen molar-refractivity contribution in [1.82, 2.24) is 14.8 Å². The number of pyridine rings is 1. The molecule has 1 aromatic carbocycles. The first-order valence-electron chi connectivity index (χ1n) is 7.63. The van der Waals surface area contributed by atoms with E-state index in [-0.39, 0.29) is 27.9 Å². The minimum absolute atomic E-state index is 0.0131. The molecular weight excluding hydrogens is 361 g/mol. The van der Waals surface area contributed by atoms with E-state index < -0.39 is 21.8 Å². The van der Waals surface area contributed by atoms with Gasteiger partial charge in [-0.1, -0.05) is 18.2 Å². The maximum absolute atomic E-state index is 14.1. The Morgan fingerprint density at radius 3 is 2.58 bits per heavy atom. The van der Waals surface area contributed by atoms with E-state index in [4.69, 9.17) is 4.74 Å². The Kier molecular flexibility index (Phi) is 4.81. The van der Waals surface area contributed by atoms with Gasteiger partial charge in [0.25, 0.3) is 0 Å². The maximum Gasteiger partial charge on any atom is 0.358 e. The molecular formula is C17H14FN3O4S. The molecule has 0 bridgehead atoms. The van der Waals surface area contributed by atoms with Crippen molar-refractivity contribution in [2.45, 2.75) is 16.8 Å². The normalized spacial score (nSPS) is 11.3. The monoisotopic (exact) mass is 375 g/mol. The van der Waals surface area contributed by atoms with Crippen molar-refractivity contribution in [3.05, 3.63) is 66.4 Å². The molecule has 0 radical (unpaired) electrons. The minimum Gasteiger partial charge on any atom is -0.461 e. The van der Waals surface area contributed by atoms with Crippen LogP contribution in [0.1, 0.15) is 17.4 Å². The number of aromatic nitrogens is 3. The Labute approximate surface area is 149 Å². The SMILES string of the molecule is CCOC(=O)c1cc(S(=O)(=O)c2ccccc2)n(-c2cccnc2F)n1. The highest BCUT2D eigenvalue weighted by molar-refractivity contribution is 7.91. The van der Waals surface area contributed by atoms with Gasteiger partial charge in [-0.15, -0.1) is 0 Å². The zero-order valence-electron chi connectivity index (χ0n) is 13.7. The first kappa shape index (κ1) is 17.7. The van der Waals surface area contributed by atoms with Gasteiger partial charge in [0, 0.05) is 12.3 Å². The Bertz CT molecular complexity index is 1050. The van der Waals surface area contributed by atoms with Gasteiger partial charge in [0.05, 0.1) is 11.5 Å². The number of hydrogen-bond acceptors (Lipinski definition) is 6. The van der Waals surface area contributed by atoms with Gasteiger partial charge in [-0.2, -0.15) is 9.49 Å². The van der Waals surface area contributed by atoms with Crippen LogP contribution < -0.4 is 0 Å². The molecule has 3 aromatic rings. The third-order valence-electron chi connectivity index (χ3n) is 3.46. The van der Waals surface area contributed by atoms with Crippen molar-refractivity contribution < 1.29 is 22.3 Å². The standard InChI is InChI=1S/C17H14FN3O4S/c1-2-25-17(22)13-11-15(26(23,24)12-7-4-3-5-8-12)21(20-13)14-9-6-10-19-16(14)18/h3-11H,2H2,1H3. The van der Waals surface area contributed by atoms with Gasteiger partial charge in [-0.25, -0.2) is 22.9 Å². The van der Waals surface area contributed by atoms with Crippen molar-refractivity contribution in [1.29, 1.82) is 0 Å². The Hall–Kier alpha value is -3.07. The fraction of sp³-hybridized carbons (Fsp3) is 0.118. The molecule has 134 valence electrons. The quantitative estimate of drug-likeness (QED) is 0.502. The summed E-state index contributed by atoms with van der Waals surface area (Å²) in [5.41, 5.74) is -0.442. The highest BCUT2D eigenvalue weighted by Crippen LogP contribution is 2.25. The van der Waals surface area contributed by atoms with E-state index in [1.807, 2.05) is 0 Å². The van der Waals surface area contributed by atoms with E-state index in [1.54, 1.807) is 25.1 Å². The second-order valence-corrected chi connectivity index (χ2v) is 7.03. The van der Waals surface area contributed by atoms with Crippen LogP contribution in [0.15, 0.2) is 64.6 Å². The van der Waals surface area contributed by atoms with E-state index in [1.165, 1.54) is 30.5 Å². The molecule has 0 amide bonds. The second-order valence-electron chi connectivity index (χ2n) is 5.13. The van der Waals surface area contributed by atoms with Crippen LogP contribution >= 0.6 is 0 Å². The predicted octanol–water partition coefficient (Wildman–Crippen LogP) is 2.42. The first-order valence-corrected chi connectivity index (χ1v) is 9.11. The number of nitrogens with zero attached hydrogens (tertiary/aromatic N) is 3. The molecule has 0 aliphatic carbocycles. The van der Waals surface area contributed by atoms with Crippen LogP contribution in [0.25, 0.3) is 5.69 Å². The molecule has 0 aliphatic rings. The van der Waals surface area contributed by atoms with Gasteiger partial charge in [-0.05, 0) is 31.2 Å². The third-order valence-corrected chi connectivity index (χ3v) is 5.19. The van der Waals surface area contributed by atoms with Crippen molar-refractivity contribution in [2.75, 3.05) is 6.61 Å². The van der Waals surface area contributed by atoms with Gasteiger partial charge in [-0.3, -0.25) is 0 Å². The summed E-state index contributed by atoms with van der Waals surface area (Å²) in [4.78, 5) is 15.5.